The molecule has 1 fully saturated rings. The van der Waals surface area contributed by atoms with E-state index in [9.17, 15) is 5.11 Å². The number of nitrogens with zero attached hydrogens (tertiary/aromatic N) is 1. The van der Waals surface area contributed by atoms with Crippen molar-refractivity contribution >= 4 is 11.6 Å². The Bertz CT molecular complexity index is 816. The van der Waals surface area contributed by atoms with Crippen molar-refractivity contribution in [3.63, 3.8) is 0 Å². The van der Waals surface area contributed by atoms with E-state index >= 15 is 0 Å². The van der Waals surface area contributed by atoms with Crippen LogP contribution in [-0.2, 0) is 4.74 Å². The quantitative estimate of drug-likeness (QED) is 0.608. The van der Waals surface area contributed by atoms with Crippen molar-refractivity contribution in [3.8, 4) is 17.2 Å². The molecule has 4 rings (SSSR count). The molecule has 6 nitrogen and oxygen atoms in total. The van der Waals surface area contributed by atoms with Gasteiger partial charge in [0.1, 0.15) is 25.6 Å². The van der Waals surface area contributed by atoms with E-state index < -0.39 is 6.10 Å². The molecule has 0 saturated carbocycles. The molecule has 2 aliphatic heterocycles. The van der Waals surface area contributed by atoms with Crippen molar-refractivity contribution in [2.24, 2.45) is 0 Å². The first-order chi connectivity index (χ1) is 14.7. The zero-order valence-corrected chi connectivity index (χ0v) is 17.7. The summed E-state index contributed by atoms with van der Waals surface area (Å²) in [5.74, 6) is 2.38. The van der Waals surface area contributed by atoms with Crippen LogP contribution in [0.25, 0.3) is 0 Å². The van der Waals surface area contributed by atoms with Gasteiger partial charge >= 0.3 is 0 Å². The summed E-state index contributed by atoms with van der Waals surface area (Å²) in [7, 11) is 0. The summed E-state index contributed by atoms with van der Waals surface area (Å²) < 4.78 is 22.5. The fraction of sp³-hybridized carbons (Fsp3) is 0.478. The van der Waals surface area contributed by atoms with Gasteiger partial charge in [-0.3, -0.25) is 4.90 Å². The van der Waals surface area contributed by atoms with Crippen molar-refractivity contribution in [1.82, 2.24) is 4.90 Å². The van der Waals surface area contributed by atoms with E-state index in [1.165, 1.54) is 5.56 Å². The van der Waals surface area contributed by atoms with Gasteiger partial charge < -0.3 is 24.1 Å². The minimum atomic E-state index is -0.543. The number of likely N-dealkylation sites (tertiary alicyclic amines) is 1. The van der Waals surface area contributed by atoms with Crippen molar-refractivity contribution < 1.29 is 24.1 Å². The Hall–Kier alpha value is -1.99. The average Bonchev–Trinajstić information content (AvgIpc) is 3.22. The summed E-state index contributed by atoms with van der Waals surface area (Å²) in [6.45, 7) is 3.87. The van der Waals surface area contributed by atoms with E-state index in [1.54, 1.807) is 12.1 Å². The summed E-state index contributed by atoms with van der Waals surface area (Å²) in [4.78, 5) is 2.32. The Kier molecular flexibility index (Phi) is 7.33. The Labute approximate surface area is 182 Å². The zero-order valence-electron chi connectivity index (χ0n) is 17.0. The zero-order chi connectivity index (χ0) is 20.8. The first-order valence-corrected chi connectivity index (χ1v) is 10.8. The number of benzene rings is 2. The summed E-state index contributed by atoms with van der Waals surface area (Å²) >= 11 is 5.86. The topological polar surface area (TPSA) is 60.4 Å². The lowest BCUT2D eigenvalue weighted by molar-refractivity contribution is 0.00584. The van der Waals surface area contributed by atoms with Crippen LogP contribution in [0.3, 0.4) is 0 Å². The second-order valence-corrected chi connectivity index (χ2v) is 8.02. The number of rotatable bonds is 9. The van der Waals surface area contributed by atoms with Gasteiger partial charge in [0.15, 0.2) is 11.5 Å². The molecule has 0 radical (unpaired) electrons. The highest BCUT2D eigenvalue weighted by Crippen LogP contribution is 2.38. The van der Waals surface area contributed by atoms with Crippen molar-refractivity contribution in [3.05, 3.63) is 53.1 Å². The van der Waals surface area contributed by atoms with Crippen LogP contribution in [0.4, 0.5) is 0 Å². The Balaban J connectivity index is 1.21. The predicted molar refractivity (Wildman–Crippen MR) is 115 cm³/mol. The summed E-state index contributed by atoms with van der Waals surface area (Å²) in [5, 5.41) is 11.1. The molecule has 30 heavy (non-hydrogen) atoms. The van der Waals surface area contributed by atoms with Gasteiger partial charge in [0.2, 0.25) is 0 Å². The molecule has 2 aromatic carbocycles. The number of β-amino-alcohol motifs (C(OH)–C–C–N with tert-alkyl or cyclic N) is 1. The molecule has 0 spiro atoms. The van der Waals surface area contributed by atoms with Crippen molar-refractivity contribution in [1.29, 1.82) is 0 Å². The van der Waals surface area contributed by atoms with Crippen LogP contribution < -0.4 is 14.2 Å². The summed E-state index contributed by atoms with van der Waals surface area (Å²) in [6.07, 6.45) is 1.64. The van der Waals surface area contributed by atoms with Crippen molar-refractivity contribution in [2.45, 2.75) is 25.0 Å². The summed E-state index contributed by atoms with van der Waals surface area (Å²) in [5.41, 5.74) is 1.21. The van der Waals surface area contributed by atoms with Crippen LogP contribution in [-0.4, -0.2) is 62.2 Å². The summed E-state index contributed by atoms with van der Waals surface area (Å²) in [6, 6.07) is 13.7. The number of hydrogen-bond donors (Lipinski definition) is 1. The van der Waals surface area contributed by atoms with Gasteiger partial charge in [-0.15, -0.1) is 0 Å². The SMILES string of the molecule is O[C@H](COCCOc1ccc(Cl)cc1)CN1CCC[C@H]1c1ccc2c(c1)OCCO2. The highest BCUT2D eigenvalue weighted by Gasteiger charge is 2.28. The average molecular weight is 434 g/mol. The minimum absolute atomic E-state index is 0.281. The molecule has 7 heteroatoms. The third-order valence-corrected chi connectivity index (χ3v) is 5.63. The van der Waals surface area contributed by atoms with E-state index in [2.05, 4.69) is 17.0 Å². The predicted octanol–water partition coefficient (Wildman–Crippen LogP) is 3.70. The molecule has 0 unspecified atom stereocenters. The van der Waals surface area contributed by atoms with Crippen LogP contribution >= 0.6 is 11.6 Å². The fourth-order valence-corrected chi connectivity index (χ4v) is 4.11. The van der Waals surface area contributed by atoms with Crippen molar-refractivity contribution in [2.75, 3.05) is 46.1 Å². The lowest BCUT2D eigenvalue weighted by atomic mass is 10.0. The molecule has 1 saturated heterocycles. The largest absolute Gasteiger partial charge is 0.491 e. The third-order valence-electron chi connectivity index (χ3n) is 5.38. The Morgan fingerprint density at radius 1 is 1.07 bits per heavy atom. The fourth-order valence-electron chi connectivity index (χ4n) is 3.98. The molecular weight excluding hydrogens is 406 g/mol. The van der Waals surface area contributed by atoms with Gasteiger partial charge in [-0.05, 0) is 61.3 Å². The molecule has 162 valence electrons. The van der Waals surface area contributed by atoms with Crippen LogP contribution in [0, 0.1) is 0 Å². The van der Waals surface area contributed by atoms with Gasteiger partial charge in [-0.25, -0.2) is 0 Å². The molecule has 2 aromatic rings. The molecular formula is C23H28ClNO5. The molecule has 0 amide bonds. The standard InChI is InChI=1S/C23H28ClNO5/c24-18-4-6-20(7-5-18)28-11-10-27-16-19(26)15-25-9-1-2-21(25)17-3-8-22-23(14-17)30-13-12-29-22/h3-8,14,19,21,26H,1-2,9-13,15-16H2/t19-,21-/m0/s1. The smallest absolute Gasteiger partial charge is 0.161 e. The van der Waals surface area contributed by atoms with Gasteiger partial charge in [0.05, 0.1) is 19.3 Å². The maximum absolute atomic E-state index is 10.4. The van der Waals surface area contributed by atoms with E-state index in [4.69, 9.17) is 30.5 Å². The van der Waals surface area contributed by atoms with Crippen LogP contribution in [0.1, 0.15) is 24.4 Å². The molecule has 0 aromatic heterocycles. The third kappa shape index (κ3) is 5.58. The number of halogens is 1. The van der Waals surface area contributed by atoms with Crippen LogP contribution in [0.15, 0.2) is 42.5 Å². The molecule has 2 aliphatic rings. The van der Waals surface area contributed by atoms with E-state index in [1.807, 2.05) is 18.2 Å². The van der Waals surface area contributed by atoms with Gasteiger partial charge in [0, 0.05) is 17.6 Å². The molecule has 2 atom stereocenters. The van der Waals surface area contributed by atoms with Crippen LogP contribution in [0.2, 0.25) is 5.02 Å². The number of aliphatic hydroxyl groups is 1. The number of aliphatic hydroxyl groups excluding tert-OH is 1. The van der Waals surface area contributed by atoms with E-state index in [0.717, 1.165) is 36.6 Å². The second kappa shape index (κ2) is 10.4. The maximum Gasteiger partial charge on any atom is 0.161 e. The maximum atomic E-state index is 10.4. The minimum Gasteiger partial charge on any atom is -0.491 e. The lowest BCUT2D eigenvalue weighted by Crippen LogP contribution is -2.35. The van der Waals surface area contributed by atoms with Gasteiger partial charge in [-0.1, -0.05) is 17.7 Å². The second-order valence-electron chi connectivity index (χ2n) is 7.59. The first kappa shape index (κ1) is 21.2. The molecule has 0 bridgehead atoms. The molecule has 1 N–H and O–H groups in total. The number of hydrogen-bond acceptors (Lipinski definition) is 6. The number of ether oxygens (including phenoxy) is 4. The highest BCUT2D eigenvalue weighted by molar-refractivity contribution is 6.30. The Morgan fingerprint density at radius 3 is 2.70 bits per heavy atom. The first-order valence-electron chi connectivity index (χ1n) is 10.5. The van der Waals surface area contributed by atoms with Gasteiger partial charge in [-0.2, -0.15) is 0 Å². The number of fused-ring (bicyclic) bond motifs is 1. The highest BCUT2D eigenvalue weighted by atomic mass is 35.5. The molecule has 0 aliphatic carbocycles. The normalized spacial score (nSPS) is 19.6. The Morgan fingerprint density at radius 2 is 1.87 bits per heavy atom. The van der Waals surface area contributed by atoms with Gasteiger partial charge in [0.25, 0.3) is 0 Å². The van der Waals surface area contributed by atoms with E-state index in [-0.39, 0.29) is 12.6 Å². The van der Waals surface area contributed by atoms with Crippen LogP contribution in [0.5, 0.6) is 17.2 Å². The van der Waals surface area contributed by atoms with E-state index in [0.29, 0.717) is 38.0 Å². The molecule has 2 heterocycles. The monoisotopic (exact) mass is 433 g/mol. The lowest BCUT2D eigenvalue weighted by Gasteiger charge is -2.28.